The van der Waals surface area contributed by atoms with Crippen LogP contribution in [0.4, 0.5) is 0 Å². The number of hydrogen-bond acceptors (Lipinski definition) is 5. The van der Waals surface area contributed by atoms with E-state index >= 15 is 0 Å². The molecule has 1 aliphatic carbocycles. The summed E-state index contributed by atoms with van der Waals surface area (Å²) in [5.41, 5.74) is -0.0979. The molecule has 1 aromatic carbocycles. The van der Waals surface area contributed by atoms with E-state index in [9.17, 15) is 14.4 Å². The molecule has 6 heteroatoms. The Labute approximate surface area is 132 Å². The summed E-state index contributed by atoms with van der Waals surface area (Å²) in [6.45, 7) is 1.40. The molecule has 0 radical (unpaired) electrons. The Balaban J connectivity index is 2.59. The Morgan fingerprint density at radius 1 is 1.00 bits per heavy atom. The maximum Gasteiger partial charge on any atom is 0.235 e. The summed E-state index contributed by atoms with van der Waals surface area (Å²) in [5.74, 6) is -2.36. The Hall–Kier alpha value is -2.40. The molecular weight excluding hydrogens is 308 g/mol. The van der Waals surface area contributed by atoms with Crippen molar-refractivity contribution in [3.05, 3.63) is 57.5 Å². The zero-order chi connectivity index (χ0) is 16.4. The van der Waals surface area contributed by atoms with Gasteiger partial charge in [-0.25, -0.2) is 0 Å². The average Bonchev–Trinajstić information content (AvgIpc) is 2.51. The van der Waals surface area contributed by atoms with Crippen LogP contribution in [0, 0.1) is 0 Å². The SMILES string of the molecule is COC1=C(OC)C(=O)C(C(=O)c2ccccc2Cl)=C(C)C1=O. The molecule has 0 N–H and O–H groups in total. The van der Waals surface area contributed by atoms with Gasteiger partial charge in [0.25, 0.3) is 0 Å². The third kappa shape index (κ3) is 2.44. The summed E-state index contributed by atoms with van der Waals surface area (Å²) in [6, 6.07) is 6.31. The quantitative estimate of drug-likeness (QED) is 0.484. The number of carbonyl (C=O) groups is 3. The molecule has 114 valence electrons. The Bertz CT molecular complexity index is 743. The number of Topliss-reactive ketones (excluding diaryl/α,β-unsaturated/α-hetero) is 3. The van der Waals surface area contributed by atoms with E-state index in [4.69, 9.17) is 21.1 Å². The number of carbonyl (C=O) groups excluding carboxylic acids is 3. The van der Waals surface area contributed by atoms with Crippen molar-refractivity contribution in [1.82, 2.24) is 0 Å². The van der Waals surface area contributed by atoms with Crippen molar-refractivity contribution in [3.8, 4) is 0 Å². The molecule has 0 aromatic heterocycles. The lowest BCUT2D eigenvalue weighted by molar-refractivity contribution is -0.120. The second kappa shape index (κ2) is 6.15. The van der Waals surface area contributed by atoms with E-state index in [0.717, 1.165) is 0 Å². The van der Waals surface area contributed by atoms with Gasteiger partial charge < -0.3 is 9.47 Å². The van der Waals surface area contributed by atoms with E-state index in [1.165, 1.54) is 33.3 Å². The van der Waals surface area contributed by atoms with Crippen molar-refractivity contribution in [1.29, 1.82) is 0 Å². The molecular formula is C16H13ClO5. The minimum absolute atomic E-state index is 0.00701. The van der Waals surface area contributed by atoms with Crippen LogP contribution in [0.15, 0.2) is 46.9 Å². The highest BCUT2D eigenvalue weighted by molar-refractivity contribution is 6.41. The van der Waals surface area contributed by atoms with Crippen molar-refractivity contribution in [2.45, 2.75) is 6.92 Å². The third-order valence-corrected chi connectivity index (χ3v) is 3.64. The standard InChI is InChI=1S/C16H13ClO5/c1-8-11(13(19)9-6-4-5-7-10(9)17)14(20)16(22-3)15(21-2)12(8)18/h4-7H,1-3H3. The van der Waals surface area contributed by atoms with Gasteiger partial charge in [0.1, 0.15) is 0 Å². The number of methoxy groups -OCH3 is 2. The lowest BCUT2D eigenvalue weighted by atomic mass is 9.88. The van der Waals surface area contributed by atoms with Gasteiger partial charge in [0, 0.05) is 11.1 Å². The highest BCUT2D eigenvalue weighted by Gasteiger charge is 2.38. The minimum atomic E-state index is -0.693. The van der Waals surface area contributed by atoms with Crippen LogP contribution < -0.4 is 0 Å². The number of hydrogen-bond donors (Lipinski definition) is 0. The van der Waals surface area contributed by atoms with Crippen molar-refractivity contribution in [3.63, 3.8) is 0 Å². The number of rotatable bonds is 4. The van der Waals surface area contributed by atoms with Gasteiger partial charge in [-0.15, -0.1) is 0 Å². The normalized spacial score (nSPS) is 15.3. The Kier molecular flexibility index (Phi) is 4.47. The molecule has 1 aromatic rings. The molecule has 0 amide bonds. The highest BCUT2D eigenvalue weighted by atomic mass is 35.5. The third-order valence-electron chi connectivity index (χ3n) is 3.32. The molecule has 2 rings (SSSR count). The van der Waals surface area contributed by atoms with E-state index in [1.807, 2.05) is 0 Å². The maximum absolute atomic E-state index is 12.6. The summed E-state index contributed by atoms with van der Waals surface area (Å²) in [5, 5.41) is 0.202. The molecule has 22 heavy (non-hydrogen) atoms. The number of ether oxygens (including phenoxy) is 2. The van der Waals surface area contributed by atoms with Crippen LogP contribution in [0.3, 0.4) is 0 Å². The van der Waals surface area contributed by atoms with E-state index in [2.05, 4.69) is 0 Å². The molecule has 0 saturated carbocycles. The van der Waals surface area contributed by atoms with Gasteiger partial charge in [0.2, 0.25) is 23.1 Å². The number of halogens is 1. The summed E-state index contributed by atoms with van der Waals surface area (Å²) in [6.07, 6.45) is 0. The first-order chi connectivity index (χ1) is 10.4. The zero-order valence-corrected chi connectivity index (χ0v) is 13.0. The fourth-order valence-electron chi connectivity index (χ4n) is 2.20. The highest BCUT2D eigenvalue weighted by Crippen LogP contribution is 2.29. The molecule has 0 saturated heterocycles. The molecule has 0 spiro atoms. The molecule has 0 heterocycles. The van der Waals surface area contributed by atoms with Crippen LogP contribution in [-0.4, -0.2) is 31.6 Å². The van der Waals surface area contributed by atoms with Crippen LogP contribution in [0.5, 0.6) is 0 Å². The van der Waals surface area contributed by atoms with E-state index in [1.54, 1.807) is 12.1 Å². The first-order valence-electron chi connectivity index (χ1n) is 6.35. The fraction of sp³-hybridized carbons (Fsp3) is 0.188. The first-order valence-corrected chi connectivity index (χ1v) is 6.73. The molecule has 0 atom stereocenters. The molecule has 0 aliphatic heterocycles. The number of ketones is 3. The second-order valence-corrected chi connectivity index (χ2v) is 4.94. The second-order valence-electron chi connectivity index (χ2n) is 4.53. The summed E-state index contributed by atoms with van der Waals surface area (Å²) < 4.78 is 9.86. The van der Waals surface area contributed by atoms with Gasteiger partial charge >= 0.3 is 0 Å². The predicted molar refractivity (Wildman–Crippen MR) is 79.5 cm³/mol. The lowest BCUT2D eigenvalue weighted by Gasteiger charge is -2.19. The van der Waals surface area contributed by atoms with Crippen molar-refractivity contribution < 1.29 is 23.9 Å². The summed E-state index contributed by atoms with van der Waals surface area (Å²) >= 11 is 5.99. The van der Waals surface area contributed by atoms with Gasteiger partial charge in [-0.1, -0.05) is 23.7 Å². The fourth-order valence-corrected chi connectivity index (χ4v) is 2.42. The summed E-state index contributed by atoms with van der Waals surface area (Å²) in [4.78, 5) is 37.3. The Morgan fingerprint density at radius 2 is 1.55 bits per heavy atom. The van der Waals surface area contributed by atoms with Crippen LogP contribution in [0.2, 0.25) is 5.02 Å². The Morgan fingerprint density at radius 3 is 2.09 bits per heavy atom. The number of allylic oxidation sites excluding steroid dienone is 2. The van der Waals surface area contributed by atoms with E-state index in [-0.39, 0.29) is 33.3 Å². The summed E-state index contributed by atoms with van der Waals surface area (Å²) in [7, 11) is 2.49. The van der Waals surface area contributed by atoms with Crippen molar-refractivity contribution in [2.75, 3.05) is 14.2 Å². The monoisotopic (exact) mass is 320 g/mol. The van der Waals surface area contributed by atoms with E-state index in [0.29, 0.717) is 0 Å². The van der Waals surface area contributed by atoms with Gasteiger partial charge in [0.05, 0.1) is 24.8 Å². The smallest absolute Gasteiger partial charge is 0.235 e. The van der Waals surface area contributed by atoms with Crippen LogP contribution >= 0.6 is 11.6 Å². The topological polar surface area (TPSA) is 69.7 Å². The molecule has 0 bridgehead atoms. The van der Waals surface area contributed by atoms with Crippen LogP contribution in [0.25, 0.3) is 0 Å². The molecule has 0 unspecified atom stereocenters. The van der Waals surface area contributed by atoms with Crippen LogP contribution in [0.1, 0.15) is 17.3 Å². The number of benzene rings is 1. The lowest BCUT2D eigenvalue weighted by Crippen LogP contribution is -2.28. The van der Waals surface area contributed by atoms with E-state index < -0.39 is 17.3 Å². The first kappa shape index (κ1) is 16.0. The van der Waals surface area contributed by atoms with Crippen molar-refractivity contribution in [2.24, 2.45) is 0 Å². The predicted octanol–water partition coefficient (Wildman–Crippen LogP) is 2.50. The molecule has 5 nitrogen and oxygen atoms in total. The maximum atomic E-state index is 12.6. The largest absolute Gasteiger partial charge is 0.489 e. The average molecular weight is 321 g/mol. The molecule has 0 fully saturated rings. The van der Waals surface area contributed by atoms with Crippen molar-refractivity contribution >= 4 is 29.0 Å². The van der Waals surface area contributed by atoms with Gasteiger partial charge in [-0.05, 0) is 19.1 Å². The minimum Gasteiger partial charge on any atom is -0.489 e. The van der Waals surface area contributed by atoms with Gasteiger partial charge in [-0.2, -0.15) is 0 Å². The zero-order valence-electron chi connectivity index (χ0n) is 12.2. The van der Waals surface area contributed by atoms with Gasteiger partial charge in [-0.3, -0.25) is 14.4 Å². The van der Waals surface area contributed by atoms with Crippen LogP contribution in [-0.2, 0) is 19.1 Å². The molecule has 1 aliphatic rings. The van der Waals surface area contributed by atoms with Gasteiger partial charge in [0.15, 0.2) is 5.78 Å².